The Bertz CT molecular complexity index is 399. The number of nitrogens with one attached hydrogen (secondary N) is 1. The zero-order valence-corrected chi connectivity index (χ0v) is 12.1. The second kappa shape index (κ2) is 5.38. The van der Waals surface area contributed by atoms with Crippen molar-refractivity contribution in [3.05, 3.63) is 0 Å². The van der Waals surface area contributed by atoms with Gasteiger partial charge >= 0.3 is 5.97 Å². The van der Waals surface area contributed by atoms with E-state index in [-0.39, 0.29) is 11.8 Å². The van der Waals surface area contributed by atoms with Crippen molar-refractivity contribution in [2.24, 2.45) is 17.8 Å². The van der Waals surface area contributed by atoms with Gasteiger partial charge in [-0.1, -0.05) is 32.1 Å². The Balaban J connectivity index is 1.69. The molecule has 4 heteroatoms. The fraction of sp³-hybridized carbons (Fsp3) is 0.875. The van der Waals surface area contributed by atoms with E-state index in [1.165, 1.54) is 12.8 Å². The van der Waals surface area contributed by atoms with Gasteiger partial charge < -0.3 is 10.4 Å². The van der Waals surface area contributed by atoms with Crippen molar-refractivity contribution >= 4 is 11.9 Å². The van der Waals surface area contributed by atoms with Crippen LogP contribution >= 0.6 is 0 Å². The van der Waals surface area contributed by atoms with Crippen LogP contribution in [0, 0.1) is 17.8 Å². The van der Waals surface area contributed by atoms with Crippen LogP contribution in [0.2, 0.25) is 0 Å². The lowest BCUT2D eigenvalue weighted by Crippen LogP contribution is -2.56. The molecule has 0 aromatic rings. The molecule has 4 nitrogen and oxygen atoms in total. The van der Waals surface area contributed by atoms with Gasteiger partial charge in [0.25, 0.3) is 0 Å². The highest BCUT2D eigenvalue weighted by atomic mass is 16.4. The maximum Gasteiger partial charge on any atom is 0.329 e. The van der Waals surface area contributed by atoms with Gasteiger partial charge in [0.1, 0.15) is 5.54 Å². The number of carbonyl (C=O) groups is 2. The van der Waals surface area contributed by atoms with Crippen LogP contribution in [0.3, 0.4) is 0 Å². The second-order valence-electron chi connectivity index (χ2n) is 7.07. The van der Waals surface area contributed by atoms with Crippen molar-refractivity contribution in [3.63, 3.8) is 0 Å². The molecule has 2 N–H and O–H groups in total. The molecule has 3 saturated carbocycles. The van der Waals surface area contributed by atoms with E-state index in [0.29, 0.717) is 24.7 Å². The van der Waals surface area contributed by atoms with Gasteiger partial charge in [0.05, 0.1) is 0 Å². The predicted molar refractivity (Wildman–Crippen MR) is 75.1 cm³/mol. The minimum absolute atomic E-state index is 0.0153. The van der Waals surface area contributed by atoms with Gasteiger partial charge in [-0.2, -0.15) is 0 Å². The number of carboxylic acid groups (broad SMARTS) is 1. The van der Waals surface area contributed by atoms with Gasteiger partial charge in [0.2, 0.25) is 5.91 Å². The first-order valence-electron chi connectivity index (χ1n) is 8.16. The Morgan fingerprint density at radius 1 is 1.00 bits per heavy atom. The smallest absolute Gasteiger partial charge is 0.329 e. The largest absolute Gasteiger partial charge is 0.480 e. The fourth-order valence-electron chi connectivity index (χ4n) is 4.62. The maximum absolute atomic E-state index is 12.6. The van der Waals surface area contributed by atoms with Crippen LogP contribution in [-0.2, 0) is 9.59 Å². The Morgan fingerprint density at radius 3 is 2.20 bits per heavy atom. The van der Waals surface area contributed by atoms with Crippen LogP contribution in [0.1, 0.15) is 64.2 Å². The molecule has 0 aromatic heterocycles. The molecule has 0 aromatic carbocycles. The Morgan fingerprint density at radius 2 is 1.70 bits per heavy atom. The standard InChI is InChI=1S/C16H25NO3/c18-14(13-10-11-5-6-12(13)9-11)17-16(15(19)20)7-3-1-2-4-8-16/h11-13H,1-10H2,(H,17,18)(H,19,20). The van der Waals surface area contributed by atoms with Gasteiger partial charge in [-0.25, -0.2) is 4.79 Å². The lowest BCUT2D eigenvalue weighted by atomic mass is 9.85. The number of amides is 1. The normalized spacial score (nSPS) is 35.5. The van der Waals surface area contributed by atoms with E-state index in [0.717, 1.165) is 38.5 Å². The minimum Gasteiger partial charge on any atom is -0.480 e. The quantitative estimate of drug-likeness (QED) is 0.781. The summed E-state index contributed by atoms with van der Waals surface area (Å²) in [4.78, 5) is 24.3. The number of hydrogen-bond donors (Lipinski definition) is 2. The van der Waals surface area contributed by atoms with E-state index in [9.17, 15) is 14.7 Å². The number of hydrogen-bond acceptors (Lipinski definition) is 2. The molecule has 3 aliphatic rings. The van der Waals surface area contributed by atoms with Gasteiger partial charge in [0.15, 0.2) is 0 Å². The minimum atomic E-state index is -0.991. The summed E-state index contributed by atoms with van der Waals surface area (Å²) in [6, 6.07) is 0. The maximum atomic E-state index is 12.6. The van der Waals surface area contributed by atoms with Crippen molar-refractivity contribution in [1.29, 1.82) is 0 Å². The molecule has 1 amide bonds. The molecule has 2 bridgehead atoms. The first-order chi connectivity index (χ1) is 9.61. The van der Waals surface area contributed by atoms with Crippen LogP contribution in [-0.4, -0.2) is 22.5 Å². The second-order valence-corrected chi connectivity index (χ2v) is 7.07. The van der Waals surface area contributed by atoms with Gasteiger partial charge in [-0.05, 0) is 43.9 Å². The van der Waals surface area contributed by atoms with Crippen LogP contribution in [0.5, 0.6) is 0 Å². The van der Waals surface area contributed by atoms with E-state index in [1.54, 1.807) is 0 Å². The lowest BCUT2D eigenvalue weighted by Gasteiger charge is -2.32. The molecule has 0 spiro atoms. The molecule has 3 aliphatic carbocycles. The highest BCUT2D eigenvalue weighted by molar-refractivity contribution is 5.88. The molecule has 3 rings (SSSR count). The third-order valence-corrected chi connectivity index (χ3v) is 5.80. The third kappa shape index (κ3) is 2.45. The molecule has 20 heavy (non-hydrogen) atoms. The summed E-state index contributed by atoms with van der Waals surface area (Å²) >= 11 is 0. The monoisotopic (exact) mass is 279 g/mol. The Hall–Kier alpha value is -1.06. The summed E-state index contributed by atoms with van der Waals surface area (Å²) in [6.07, 6.45) is 9.74. The summed E-state index contributed by atoms with van der Waals surface area (Å²) in [5.41, 5.74) is -0.991. The predicted octanol–water partition coefficient (Wildman–Crippen LogP) is 2.72. The fourth-order valence-corrected chi connectivity index (χ4v) is 4.62. The summed E-state index contributed by atoms with van der Waals surface area (Å²) in [7, 11) is 0. The molecular formula is C16H25NO3. The zero-order chi connectivity index (χ0) is 14.2. The number of rotatable bonds is 3. The molecule has 3 unspecified atom stereocenters. The zero-order valence-electron chi connectivity index (χ0n) is 12.1. The van der Waals surface area contributed by atoms with Crippen LogP contribution in [0.25, 0.3) is 0 Å². The van der Waals surface area contributed by atoms with E-state index < -0.39 is 11.5 Å². The first-order valence-corrected chi connectivity index (χ1v) is 8.16. The van der Waals surface area contributed by atoms with Crippen LogP contribution in [0.15, 0.2) is 0 Å². The average Bonchev–Trinajstić information content (AvgIpc) is 2.97. The van der Waals surface area contributed by atoms with Crippen LogP contribution < -0.4 is 5.32 Å². The summed E-state index contributed by atoms with van der Waals surface area (Å²) in [5.74, 6) is 0.480. The number of fused-ring (bicyclic) bond motifs is 2. The van der Waals surface area contributed by atoms with Crippen molar-refractivity contribution in [2.45, 2.75) is 69.7 Å². The molecule has 0 heterocycles. The molecule has 3 atom stereocenters. The molecular weight excluding hydrogens is 254 g/mol. The third-order valence-electron chi connectivity index (χ3n) is 5.80. The topological polar surface area (TPSA) is 66.4 Å². The van der Waals surface area contributed by atoms with Gasteiger partial charge in [0, 0.05) is 5.92 Å². The number of carbonyl (C=O) groups excluding carboxylic acids is 1. The highest BCUT2D eigenvalue weighted by Gasteiger charge is 2.47. The summed E-state index contributed by atoms with van der Waals surface area (Å²) < 4.78 is 0. The van der Waals surface area contributed by atoms with E-state index in [1.807, 2.05) is 0 Å². The Kier molecular flexibility index (Phi) is 3.74. The van der Waals surface area contributed by atoms with Crippen molar-refractivity contribution in [1.82, 2.24) is 5.32 Å². The molecule has 0 aliphatic heterocycles. The van der Waals surface area contributed by atoms with E-state index >= 15 is 0 Å². The average molecular weight is 279 g/mol. The lowest BCUT2D eigenvalue weighted by molar-refractivity contribution is -0.149. The molecule has 0 saturated heterocycles. The van der Waals surface area contributed by atoms with E-state index in [2.05, 4.69) is 5.32 Å². The molecule has 112 valence electrons. The summed E-state index contributed by atoms with van der Waals surface area (Å²) in [6.45, 7) is 0. The van der Waals surface area contributed by atoms with Gasteiger partial charge in [-0.15, -0.1) is 0 Å². The Labute approximate surface area is 120 Å². The first kappa shape index (κ1) is 13.9. The van der Waals surface area contributed by atoms with Crippen molar-refractivity contribution in [2.75, 3.05) is 0 Å². The molecule has 0 radical (unpaired) electrons. The number of carboxylic acids is 1. The van der Waals surface area contributed by atoms with Gasteiger partial charge in [-0.3, -0.25) is 4.79 Å². The molecule has 3 fully saturated rings. The number of aliphatic carboxylic acids is 1. The van der Waals surface area contributed by atoms with Crippen molar-refractivity contribution in [3.8, 4) is 0 Å². The SMILES string of the molecule is O=C(NC1(C(=O)O)CCCCCC1)C1CC2CCC1C2. The van der Waals surface area contributed by atoms with E-state index in [4.69, 9.17) is 0 Å². The summed E-state index contributed by atoms with van der Waals surface area (Å²) in [5, 5.41) is 12.6. The van der Waals surface area contributed by atoms with Crippen molar-refractivity contribution < 1.29 is 14.7 Å². The highest BCUT2D eigenvalue weighted by Crippen LogP contribution is 2.48. The van der Waals surface area contributed by atoms with Crippen LogP contribution in [0.4, 0.5) is 0 Å².